The maximum atomic E-state index is 12.5. The number of nitrogens with zero attached hydrogens (tertiary/aromatic N) is 1. The summed E-state index contributed by atoms with van der Waals surface area (Å²) >= 11 is 6.49. The molecule has 0 aliphatic carbocycles. The first-order valence-electron chi connectivity index (χ1n) is 6.49. The van der Waals surface area contributed by atoms with Gasteiger partial charge in [0, 0.05) is 0 Å². The molecule has 2 aliphatic heterocycles. The molecule has 110 valence electrons. The molecule has 1 atom stereocenters. The van der Waals surface area contributed by atoms with E-state index in [9.17, 15) is 13.2 Å². The molecule has 0 N–H and O–H groups in total. The monoisotopic (exact) mass is 339 g/mol. The van der Waals surface area contributed by atoms with Crippen LogP contribution in [0.1, 0.15) is 12.0 Å². The highest BCUT2D eigenvalue weighted by molar-refractivity contribution is 8.26. The minimum atomic E-state index is -3.04. The molecule has 0 aromatic heterocycles. The minimum absolute atomic E-state index is 0.0120. The van der Waals surface area contributed by atoms with Crippen LogP contribution >= 0.6 is 24.0 Å². The number of amides is 1. The number of carbonyl (C=O) groups excluding carboxylic acids is 1. The third-order valence-corrected chi connectivity index (χ3v) is 6.58. The van der Waals surface area contributed by atoms with Crippen LogP contribution in [0.4, 0.5) is 0 Å². The first-order valence-corrected chi connectivity index (χ1v) is 9.53. The zero-order valence-electron chi connectivity index (χ0n) is 11.1. The van der Waals surface area contributed by atoms with Crippen LogP contribution in [0.15, 0.2) is 35.2 Å². The molecule has 0 bridgehead atoms. The number of hydrogen-bond donors (Lipinski definition) is 0. The number of benzene rings is 1. The average Bonchev–Trinajstić information content (AvgIpc) is 2.91. The van der Waals surface area contributed by atoms with Crippen LogP contribution < -0.4 is 0 Å². The molecular weight excluding hydrogens is 326 g/mol. The fourth-order valence-electron chi connectivity index (χ4n) is 2.47. The van der Waals surface area contributed by atoms with Crippen LogP contribution in [0.5, 0.6) is 0 Å². The van der Waals surface area contributed by atoms with Gasteiger partial charge in [-0.3, -0.25) is 9.69 Å². The van der Waals surface area contributed by atoms with E-state index in [0.29, 0.717) is 15.6 Å². The third-order valence-electron chi connectivity index (χ3n) is 3.49. The standard InChI is InChI=1S/C14H13NO3S3/c16-13-12(8-10-4-2-1-3-5-10)20-14(19)15(13)11-6-7-21(17,18)9-11/h1-5,8,11H,6-7,9H2/b12-8-. The van der Waals surface area contributed by atoms with Gasteiger partial charge in [0.2, 0.25) is 0 Å². The molecule has 2 aliphatic rings. The van der Waals surface area contributed by atoms with E-state index in [2.05, 4.69) is 0 Å². The van der Waals surface area contributed by atoms with Crippen LogP contribution in [-0.4, -0.2) is 41.1 Å². The van der Waals surface area contributed by atoms with Gasteiger partial charge in [0.05, 0.1) is 22.5 Å². The van der Waals surface area contributed by atoms with Crippen LogP contribution in [-0.2, 0) is 14.6 Å². The molecule has 7 heteroatoms. The van der Waals surface area contributed by atoms with Gasteiger partial charge in [0.15, 0.2) is 9.84 Å². The minimum Gasteiger partial charge on any atom is -0.289 e. The van der Waals surface area contributed by atoms with Crippen molar-refractivity contribution in [2.45, 2.75) is 12.5 Å². The predicted octanol–water partition coefficient (Wildman–Crippen LogP) is 2.07. The number of hydrogen-bond acceptors (Lipinski definition) is 5. The van der Waals surface area contributed by atoms with E-state index in [-0.39, 0.29) is 23.5 Å². The Morgan fingerprint density at radius 2 is 2.00 bits per heavy atom. The molecule has 3 rings (SSSR count). The van der Waals surface area contributed by atoms with Gasteiger partial charge in [-0.1, -0.05) is 54.3 Å². The largest absolute Gasteiger partial charge is 0.289 e. The quantitative estimate of drug-likeness (QED) is 0.610. The van der Waals surface area contributed by atoms with E-state index in [1.807, 2.05) is 30.3 Å². The molecule has 2 fully saturated rings. The van der Waals surface area contributed by atoms with Crippen molar-refractivity contribution >= 4 is 50.1 Å². The maximum absolute atomic E-state index is 12.5. The van der Waals surface area contributed by atoms with E-state index >= 15 is 0 Å². The molecule has 1 unspecified atom stereocenters. The van der Waals surface area contributed by atoms with Gasteiger partial charge in [0.25, 0.3) is 5.91 Å². The van der Waals surface area contributed by atoms with Gasteiger partial charge in [-0.15, -0.1) is 0 Å². The fourth-order valence-corrected chi connectivity index (χ4v) is 5.57. The van der Waals surface area contributed by atoms with Crippen molar-refractivity contribution in [2.75, 3.05) is 11.5 Å². The Labute approximate surface area is 133 Å². The maximum Gasteiger partial charge on any atom is 0.266 e. The van der Waals surface area contributed by atoms with Gasteiger partial charge < -0.3 is 0 Å². The molecule has 1 aromatic carbocycles. The van der Waals surface area contributed by atoms with E-state index in [4.69, 9.17) is 12.2 Å². The number of thiocarbonyl (C=S) groups is 1. The lowest BCUT2D eigenvalue weighted by atomic mass is 10.2. The molecule has 0 saturated carbocycles. The summed E-state index contributed by atoms with van der Waals surface area (Å²) in [7, 11) is -3.04. The Kier molecular flexibility index (Phi) is 3.90. The Morgan fingerprint density at radius 1 is 1.29 bits per heavy atom. The molecule has 21 heavy (non-hydrogen) atoms. The Morgan fingerprint density at radius 3 is 2.62 bits per heavy atom. The van der Waals surface area contributed by atoms with Crippen molar-refractivity contribution in [2.24, 2.45) is 0 Å². The number of rotatable bonds is 2. The van der Waals surface area contributed by atoms with Crippen molar-refractivity contribution in [3.63, 3.8) is 0 Å². The highest BCUT2D eigenvalue weighted by atomic mass is 32.2. The Balaban J connectivity index is 1.85. The molecule has 0 radical (unpaired) electrons. The number of thioether (sulfide) groups is 1. The zero-order valence-corrected chi connectivity index (χ0v) is 13.5. The van der Waals surface area contributed by atoms with E-state index in [0.717, 1.165) is 5.56 Å². The molecule has 2 saturated heterocycles. The second kappa shape index (κ2) is 5.55. The summed E-state index contributed by atoms with van der Waals surface area (Å²) in [4.78, 5) is 14.5. The molecule has 4 nitrogen and oxygen atoms in total. The normalized spacial score (nSPS) is 26.8. The average molecular weight is 339 g/mol. The number of carbonyl (C=O) groups is 1. The first kappa shape index (κ1) is 14.7. The van der Waals surface area contributed by atoms with Gasteiger partial charge in [-0.05, 0) is 18.1 Å². The molecule has 1 amide bonds. The Hall–Kier alpha value is -1.18. The summed E-state index contributed by atoms with van der Waals surface area (Å²) in [6.45, 7) is 0. The van der Waals surface area contributed by atoms with Crippen LogP contribution in [0.2, 0.25) is 0 Å². The lowest BCUT2D eigenvalue weighted by Gasteiger charge is -2.20. The van der Waals surface area contributed by atoms with Gasteiger partial charge >= 0.3 is 0 Å². The van der Waals surface area contributed by atoms with Crippen LogP contribution in [0, 0.1) is 0 Å². The zero-order chi connectivity index (χ0) is 15.0. The molecule has 2 heterocycles. The fraction of sp³-hybridized carbons (Fsp3) is 0.286. The van der Waals surface area contributed by atoms with Crippen molar-refractivity contribution in [3.05, 3.63) is 40.8 Å². The summed E-state index contributed by atoms with van der Waals surface area (Å²) in [6, 6.07) is 9.21. The van der Waals surface area contributed by atoms with Gasteiger partial charge in [-0.25, -0.2) is 8.42 Å². The lowest BCUT2D eigenvalue weighted by Crippen LogP contribution is -2.39. The summed E-state index contributed by atoms with van der Waals surface area (Å²) in [5, 5.41) is 0. The van der Waals surface area contributed by atoms with Crippen LogP contribution in [0.3, 0.4) is 0 Å². The lowest BCUT2D eigenvalue weighted by molar-refractivity contribution is -0.123. The number of sulfone groups is 1. The molecular formula is C14H13NO3S3. The van der Waals surface area contributed by atoms with E-state index in [1.165, 1.54) is 16.7 Å². The van der Waals surface area contributed by atoms with E-state index < -0.39 is 9.84 Å². The van der Waals surface area contributed by atoms with Gasteiger partial charge in [0.1, 0.15) is 4.32 Å². The van der Waals surface area contributed by atoms with Crippen molar-refractivity contribution in [3.8, 4) is 0 Å². The summed E-state index contributed by atoms with van der Waals surface area (Å²) in [5.41, 5.74) is 0.928. The summed E-state index contributed by atoms with van der Waals surface area (Å²) in [5.74, 6) is -0.0409. The summed E-state index contributed by atoms with van der Waals surface area (Å²) < 4.78 is 23.6. The molecule has 0 spiro atoms. The first-order chi connectivity index (χ1) is 9.96. The topological polar surface area (TPSA) is 54.5 Å². The van der Waals surface area contributed by atoms with Crippen molar-refractivity contribution < 1.29 is 13.2 Å². The van der Waals surface area contributed by atoms with Crippen molar-refractivity contribution in [1.82, 2.24) is 4.90 Å². The van der Waals surface area contributed by atoms with Crippen molar-refractivity contribution in [1.29, 1.82) is 0 Å². The predicted molar refractivity (Wildman–Crippen MR) is 88.5 cm³/mol. The summed E-state index contributed by atoms with van der Waals surface area (Å²) in [6.07, 6.45) is 2.26. The highest BCUT2D eigenvalue weighted by Gasteiger charge is 2.41. The SMILES string of the molecule is O=C1/C(=C/c2ccccc2)SC(=S)N1C1CCS(=O)(=O)C1. The Bertz CT molecular complexity index is 725. The molecule has 1 aromatic rings. The smallest absolute Gasteiger partial charge is 0.266 e. The van der Waals surface area contributed by atoms with Crippen LogP contribution in [0.25, 0.3) is 6.08 Å². The van der Waals surface area contributed by atoms with E-state index in [1.54, 1.807) is 6.08 Å². The third kappa shape index (κ3) is 3.04. The second-order valence-electron chi connectivity index (χ2n) is 5.02. The van der Waals surface area contributed by atoms with Gasteiger partial charge in [-0.2, -0.15) is 0 Å². The highest BCUT2D eigenvalue weighted by Crippen LogP contribution is 2.36. The second-order valence-corrected chi connectivity index (χ2v) is 8.92.